The number of aromatic nitrogens is 1. The summed E-state index contributed by atoms with van der Waals surface area (Å²) < 4.78 is 4.92. The Morgan fingerprint density at radius 3 is 2.42 bits per heavy atom. The number of amides is 3. The number of rotatable bonds is 17. The lowest BCUT2D eigenvalue weighted by molar-refractivity contribution is -0.143. The maximum atomic E-state index is 14.3. The van der Waals surface area contributed by atoms with E-state index in [1.54, 1.807) is 5.38 Å². The monoisotopic (exact) mass is 685 g/mol. The Labute approximate surface area is 289 Å². The third-order valence-corrected chi connectivity index (χ3v) is 10.3. The molecular formula is C36H55N5O6S. The molecule has 1 aromatic heterocycles. The number of nitrogens with zero attached hydrogens (tertiary/aromatic N) is 3. The zero-order valence-corrected chi connectivity index (χ0v) is 30.4. The number of likely N-dealkylation sites (tertiary alicyclic amines) is 1. The van der Waals surface area contributed by atoms with E-state index in [-0.39, 0.29) is 54.3 Å². The van der Waals surface area contributed by atoms with Crippen molar-refractivity contribution in [3.8, 4) is 0 Å². The number of thiazole rings is 1. The van der Waals surface area contributed by atoms with E-state index in [2.05, 4.69) is 20.5 Å². The fourth-order valence-electron chi connectivity index (χ4n) is 6.25. The lowest BCUT2D eigenvalue weighted by atomic mass is 9.92. The largest absolute Gasteiger partial charge is 0.467 e. The second-order valence-corrected chi connectivity index (χ2v) is 14.2. The number of hydrogen-bond donors (Lipinski definition) is 3. The van der Waals surface area contributed by atoms with Gasteiger partial charge >= 0.3 is 5.97 Å². The summed E-state index contributed by atoms with van der Waals surface area (Å²) in [6.07, 6.45) is 3.68. The van der Waals surface area contributed by atoms with Crippen LogP contribution in [0.5, 0.6) is 0 Å². The number of benzene rings is 1. The summed E-state index contributed by atoms with van der Waals surface area (Å²) in [4.78, 5) is 61.7. The maximum absolute atomic E-state index is 14.3. The average Bonchev–Trinajstić information content (AvgIpc) is 3.59. The first-order valence-corrected chi connectivity index (χ1v) is 18.2. The number of methoxy groups -OCH3 is 1. The average molecular weight is 686 g/mol. The second kappa shape index (κ2) is 19.0. The summed E-state index contributed by atoms with van der Waals surface area (Å²) in [5.41, 5.74) is 0.954. The smallest absolute Gasteiger partial charge is 0.328 e. The Balaban J connectivity index is 1.76. The highest BCUT2D eigenvalue weighted by Gasteiger charge is 2.37. The molecule has 2 aromatic rings. The number of aliphatic hydroxyl groups excluding tert-OH is 1. The van der Waals surface area contributed by atoms with Crippen LogP contribution in [0, 0.1) is 11.8 Å². The summed E-state index contributed by atoms with van der Waals surface area (Å²) >= 11 is 1.15. The van der Waals surface area contributed by atoms with Gasteiger partial charge in [-0.05, 0) is 50.3 Å². The van der Waals surface area contributed by atoms with Gasteiger partial charge in [0.05, 0.1) is 13.2 Å². The van der Waals surface area contributed by atoms with Crippen molar-refractivity contribution < 1.29 is 29.0 Å². The molecule has 1 aliphatic heterocycles. The molecule has 0 aliphatic carbocycles. The van der Waals surface area contributed by atoms with Crippen LogP contribution in [0.25, 0.3) is 0 Å². The Kier molecular flexibility index (Phi) is 15.5. The molecule has 1 aromatic carbocycles. The molecule has 12 heteroatoms. The van der Waals surface area contributed by atoms with Crippen LogP contribution >= 0.6 is 11.3 Å². The predicted octanol–water partition coefficient (Wildman–Crippen LogP) is 4.36. The van der Waals surface area contributed by atoms with Gasteiger partial charge in [0.1, 0.15) is 28.9 Å². The van der Waals surface area contributed by atoms with Crippen molar-refractivity contribution >= 4 is 35.0 Å². The molecule has 0 bridgehead atoms. The first kappa shape index (κ1) is 39.1. The van der Waals surface area contributed by atoms with Crippen LogP contribution in [0.15, 0.2) is 35.7 Å². The van der Waals surface area contributed by atoms with E-state index in [0.717, 1.165) is 49.1 Å². The normalized spacial score (nSPS) is 18.3. The fraction of sp³-hybridized carbons (Fsp3) is 0.639. The lowest BCUT2D eigenvalue weighted by Crippen LogP contribution is -2.58. The summed E-state index contributed by atoms with van der Waals surface area (Å²) in [6, 6.07) is 7.13. The summed E-state index contributed by atoms with van der Waals surface area (Å²) in [5.74, 6) is -1.45. The molecule has 2 heterocycles. The van der Waals surface area contributed by atoms with Crippen LogP contribution in [0.2, 0.25) is 0 Å². The zero-order valence-electron chi connectivity index (χ0n) is 29.6. The van der Waals surface area contributed by atoms with Crippen molar-refractivity contribution in [3.63, 3.8) is 0 Å². The van der Waals surface area contributed by atoms with Crippen molar-refractivity contribution in [1.29, 1.82) is 0 Å². The Hall–Kier alpha value is -3.35. The highest BCUT2D eigenvalue weighted by molar-refractivity contribution is 7.09. The second-order valence-electron chi connectivity index (χ2n) is 13.3. The van der Waals surface area contributed by atoms with E-state index in [9.17, 15) is 24.3 Å². The first-order valence-electron chi connectivity index (χ1n) is 17.3. The number of ether oxygens (including phenoxy) is 1. The van der Waals surface area contributed by atoms with Gasteiger partial charge < -0.3 is 25.4 Å². The van der Waals surface area contributed by atoms with E-state index >= 15 is 0 Å². The van der Waals surface area contributed by atoms with Crippen molar-refractivity contribution in [3.05, 3.63) is 52.0 Å². The van der Waals surface area contributed by atoms with Crippen molar-refractivity contribution in [2.24, 2.45) is 11.8 Å². The molecule has 1 unspecified atom stereocenters. The summed E-state index contributed by atoms with van der Waals surface area (Å²) in [6.45, 7) is 11.4. The minimum atomic E-state index is -1.04. The highest BCUT2D eigenvalue weighted by atomic mass is 32.1. The van der Waals surface area contributed by atoms with Crippen LogP contribution in [0.4, 0.5) is 0 Å². The molecule has 6 atom stereocenters. The number of piperidine rings is 1. The minimum absolute atomic E-state index is 0.00514. The van der Waals surface area contributed by atoms with Gasteiger partial charge in [-0.15, -0.1) is 11.3 Å². The molecule has 3 amide bonds. The number of hydrogen-bond acceptors (Lipinski definition) is 9. The van der Waals surface area contributed by atoms with Crippen LogP contribution in [0.1, 0.15) is 100 Å². The first-order chi connectivity index (χ1) is 22.9. The Morgan fingerprint density at radius 1 is 1.10 bits per heavy atom. The topological polar surface area (TPSA) is 141 Å². The summed E-state index contributed by atoms with van der Waals surface area (Å²) in [7, 11) is 3.23. The Morgan fingerprint density at radius 2 is 1.81 bits per heavy atom. The van der Waals surface area contributed by atoms with Gasteiger partial charge in [0, 0.05) is 30.8 Å². The molecule has 0 radical (unpaired) electrons. The van der Waals surface area contributed by atoms with E-state index in [4.69, 9.17) is 4.74 Å². The van der Waals surface area contributed by atoms with E-state index in [1.807, 2.05) is 76.9 Å². The molecule has 48 heavy (non-hydrogen) atoms. The molecule has 3 N–H and O–H groups in total. The van der Waals surface area contributed by atoms with Gasteiger partial charge in [0.25, 0.3) is 5.91 Å². The number of aliphatic hydroxyl groups is 1. The highest BCUT2D eigenvalue weighted by Crippen LogP contribution is 2.29. The number of carbonyl (C=O) groups is 4. The van der Waals surface area contributed by atoms with Gasteiger partial charge in [-0.2, -0.15) is 0 Å². The summed E-state index contributed by atoms with van der Waals surface area (Å²) in [5, 5.41) is 19.2. The number of likely N-dealkylation sites (N-methyl/N-ethyl adjacent to an activating group) is 1. The third-order valence-electron chi connectivity index (χ3n) is 9.35. The molecule has 266 valence electrons. The SMILES string of the molecule is CCCN(C(=O)[C@@H](NC(=O)[C@H]1CCCCN1C)C(C)CC)[C@H](C[C@@H](O)c1nc(C(=O)N[C@@H](Cc2ccccc2)C(=O)OC)cs1)C(C)C. The van der Waals surface area contributed by atoms with Gasteiger partial charge in [-0.3, -0.25) is 19.3 Å². The number of carbonyl (C=O) groups excluding carboxylic acids is 4. The van der Waals surface area contributed by atoms with E-state index < -0.39 is 30.1 Å². The molecule has 1 saturated heterocycles. The Bertz CT molecular complexity index is 1340. The van der Waals surface area contributed by atoms with Gasteiger partial charge in [-0.25, -0.2) is 9.78 Å². The van der Waals surface area contributed by atoms with E-state index in [0.29, 0.717) is 18.0 Å². The molecular weight excluding hydrogens is 630 g/mol. The lowest BCUT2D eigenvalue weighted by Gasteiger charge is -2.39. The quantitative estimate of drug-likeness (QED) is 0.209. The zero-order chi connectivity index (χ0) is 35.4. The standard InChI is InChI=1S/C36H55N5O6S/c1-8-18-41(35(45)31(24(5)9-2)39-33(44)28-17-13-14-19-40(28)6)29(23(3)4)21-30(42)34-38-27(22-48-34)32(43)37-26(36(46)47-7)20-25-15-11-10-12-16-25/h10-12,15-16,22-24,26,28-31,42H,8-9,13-14,17-21H2,1-7H3,(H,37,43)(H,39,44)/t24?,26-,28+,29+,30+,31-/m0/s1. The van der Waals surface area contributed by atoms with Crippen LogP contribution in [-0.2, 0) is 25.5 Å². The molecule has 11 nitrogen and oxygen atoms in total. The molecule has 1 fully saturated rings. The fourth-order valence-corrected chi connectivity index (χ4v) is 7.05. The third kappa shape index (κ3) is 10.6. The van der Waals surface area contributed by atoms with Gasteiger partial charge in [-0.1, -0.05) is 77.8 Å². The van der Waals surface area contributed by atoms with Crippen molar-refractivity contribution in [1.82, 2.24) is 25.4 Å². The predicted molar refractivity (Wildman–Crippen MR) is 187 cm³/mol. The van der Waals surface area contributed by atoms with Crippen molar-refractivity contribution in [2.75, 3.05) is 27.2 Å². The maximum Gasteiger partial charge on any atom is 0.328 e. The molecule has 0 spiro atoms. The molecule has 1 aliphatic rings. The van der Waals surface area contributed by atoms with Crippen molar-refractivity contribution in [2.45, 2.75) is 110 Å². The number of nitrogens with one attached hydrogen (secondary N) is 2. The van der Waals surface area contributed by atoms with Crippen LogP contribution < -0.4 is 10.6 Å². The van der Waals surface area contributed by atoms with E-state index in [1.165, 1.54) is 7.11 Å². The van der Waals surface area contributed by atoms with Crippen LogP contribution in [-0.4, -0.2) is 95.0 Å². The molecule has 3 rings (SSSR count). The van der Waals surface area contributed by atoms with Gasteiger partial charge in [0.15, 0.2) is 0 Å². The molecule has 0 saturated carbocycles. The van der Waals surface area contributed by atoms with Crippen LogP contribution in [0.3, 0.4) is 0 Å². The minimum Gasteiger partial charge on any atom is -0.467 e. The van der Waals surface area contributed by atoms with Gasteiger partial charge in [0.2, 0.25) is 11.8 Å². The number of esters is 1.